The summed E-state index contributed by atoms with van der Waals surface area (Å²) < 4.78 is 5.68. The van der Waals surface area contributed by atoms with Crippen molar-refractivity contribution in [2.75, 3.05) is 32.8 Å². The van der Waals surface area contributed by atoms with E-state index in [0.717, 1.165) is 43.7 Å². The quantitative estimate of drug-likeness (QED) is 0.386. The van der Waals surface area contributed by atoms with Crippen LogP contribution in [0, 0.1) is 0 Å². The first-order valence-corrected chi connectivity index (χ1v) is 11.4. The highest BCUT2D eigenvalue weighted by Crippen LogP contribution is 2.39. The molecule has 2 saturated heterocycles. The maximum absolute atomic E-state index is 13.1. The Labute approximate surface area is 189 Å². The molecule has 2 aromatic carbocycles. The van der Waals surface area contributed by atoms with Crippen LogP contribution in [0.25, 0.3) is 5.76 Å². The van der Waals surface area contributed by atoms with Gasteiger partial charge in [0, 0.05) is 18.7 Å². The molecule has 32 heavy (non-hydrogen) atoms. The van der Waals surface area contributed by atoms with Crippen LogP contribution in [0.3, 0.4) is 0 Å². The van der Waals surface area contributed by atoms with Crippen LogP contribution in [0.15, 0.2) is 60.2 Å². The number of benzene rings is 2. The number of Topliss-reactive ketones (excluding diaryl/α,β-unsaturated/α-hetero) is 1. The highest BCUT2D eigenvalue weighted by molar-refractivity contribution is 6.46. The van der Waals surface area contributed by atoms with Crippen molar-refractivity contribution in [3.8, 4) is 5.75 Å². The van der Waals surface area contributed by atoms with E-state index in [-0.39, 0.29) is 11.3 Å². The number of aliphatic hydroxyl groups excluding tert-OH is 1. The maximum Gasteiger partial charge on any atom is 0.295 e. The number of ketones is 1. The van der Waals surface area contributed by atoms with Gasteiger partial charge in [0.05, 0.1) is 18.2 Å². The molecule has 0 spiro atoms. The number of amides is 1. The normalized spacial score (nSPS) is 20.8. The minimum atomic E-state index is -0.635. The Balaban J connectivity index is 1.70. The summed E-state index contributed by atoms with van der Waals surface area (Å²) in [5.74, 6) is -0.585. The topological polar surface area (TPSA) is 70.1 Å². The van der Waals surface area contributed by atoms with E-state index in [9.17, 15) is 14.7 Å². The molecule has 6 nitrogen and oxygen atoms in total. The molecule has 1 N–H and O–H groups in total. The van der Waals surface area contributed by atoms with Crippen molar-refractivity contribution in [1.82, 2.24) is 9.80 Å². The number of ether oxygens (including phenoxy) is 1. The average molecular weight is 435 g/mol. The van der Waals surface area contributed by atoms with Gasteiger partial charge in [0.25, 0.3) is 11.7 Å². The van der Waals surface area contributed by atoms with Gasteiger partial charge < -0.3 is 19.6 Å². The molecule has 1 atom stereocenters. The summed E-state index contributed by atoms with van der Waals surface area (Å²) in [5, 5.41) is 11.1. The van der Waals surface area contributed by atoms with Crippen LogP contribution in [-0.2, 0) is 9.59 Å². The van der Waals surface area contributed by atoms with Crippen LogP contribution in [0.4, 0.5) is 0 Å². The molecule has 0 aliphatic carbocycles. The summed E-state index contributed by atoms with van der Waals surface area (Å²) in [4.78, 5) is 30.0. The van der Waals surface area contributed by atoms with Crippen molar-refractivity contribution >= 4 is 17.4 Å². The Bertz CT molecular complexity index is 979. The third kappa shape index (κ3) is 4.55. The Hall–Kier alpha value is -3.12. The SMILES string of the molecule is CCCOc1ccc(C2/C(=C(\O)c3ccccc3)C(=O)C(=O)N2CCN2CCCC2)cc1. The molecule has 0 aromatic heterocycles. The maximum atomic E-state index is 13.1. The lowest BCUT2D eigenvalue weighted by atomic mass is 9.95. The van der Waals surface area contributed by atoms with Gasteiger partial charge in [-0.1, -0.05) is 49.4 Å². The number of rotatable bonds is 8. The molecule has 1 amide bonds. The van der Waals surface area contributed by atoms with E-state index in [2.05, 4.69) is 4.90 Å². The fourth-order valence-corrected chi connectivity index (χ4v) is 4.43. The van der Waals surface area contributed by atoms with Crippen molar-refractivity contribution < 1.29 is 19.4 Å². The van der Waals surface area contributed by atoms with Crippen LogP contribution < -0.4 is 4.74 Å². The molecule has 6 heteroatoms. The van der Waals surface area contributed by atoms with Gasteiger partial charge in [0.2, 0.25) is 0 Å². The lowest BCUT2D eigenvalue weighted by Crippen LogP contribution is -2.37. The number of carbonyl (C=O) groups excluding carboxylic acids is 2. The van der Waals surface area contributed by atoms with Gasteiger partial charge in [-0.2, -0.15) is 0 Å². The van der Waals surface area contributed by atoms with Gasteiger partial charge in [0.15, 0.2) is 0 Å². The smallest absolute Gasteiger partial charge is 0.295 e. The summed E-state index contributed by atoms with van der Waals surface area (Å²) in [7, 11) is 0. The zero-order chi connectivity index (χ0) is 22.5. The molecule has 2 aliphatic rings. The second-order valence-corrected chi connectivity index (χ2v) is 8.32. The minimum Gasteiger partial charge on any atom is -0.507 e. The first kappa shape index (κ1) is 22.1. The van der Waals surface area contributed by atoms with E-state index in [1.54, 1.807) is 29.2 Å². The number of hydrogen-bond donors (Lipinski definition) is 1. The van der Waals surface area contributed by atoms with Crippen molar-refractivity contribution in [2.24, 2.45) is 0 Å². The predicted molar refractivity (Wildman–Crippen MR) is 123 cm³/mol. The van der Waals surface area contributed by atoms with Gasteiger partial charge in [-0.15, -0.1) is 0 Å². The number of likely N-dealkylation sites (tertiary alicyclic amines) is 2. The molecule has 2 heterocycles. The van der Waals surface area contributed by atoms with Crippen molar-refractivity contribution in [3.63, 3.8) is 0 Å². The summed E-state index contributed by atoms with van der Waals surface area (Å²) >= 11 is 0. The summed E-state index contributed by atoms with van der Waals surface area (Å²) in [5.41, 5.74) is 1.45. The second kappa shape index (κ2) is 10.0. The van der Waals surface area contributed by atoms with Crippen molar-refractivity contribution in [2.45, 2.75) is 32.2 Å². The zero-order valence-corrected chi connectivity index (χ0v) is 18.5. The first-order chi connectivity index (χ1) is 15.6. The monoisotopic (exact) mass is 434 g/mol. The molecule has 1 unspecified atom stereocenters. The van der Waals surface area contributed by atoms with Crippen LogP contribution in [-0.4, -0.2) is 59.4 Å². The summed E-state index contributed by atoms with van der Waals surface area (Å²) in [6.07, 6.45) is 3.24. The third-order valence-corrected chi connectivity index (χ3v) is 6.11. The Morgan fingerprint density at radius 3 is 2.34 bits per heavy atom. The lowest BCUT2D eigenvalue weighted by Gasteiger charge is -2.27. The molecule has 2 fully saturated rings. The summed E-state index contributed by atoms with van der Waals surface area (Å²) in [6, 6.07) is 15.8. The Morgan fingerprint density at radius 1 is 1.00 bits per heavy atom. The molecule has 2 aromatic rings. The molecule has 2 aliphatic heterocycles. The number of nitrogens with zero attached hydrogens (tertiary/aromatic N) is 2. The van der Waals surface area contributed by atoms with E-state index >= 15 is 0 Å². The predicted octanol–water partition coefficient (Wildman–Crippen LogP) is 3.99. The fourth-order valence-electron chi connectivity index (χ4n) is 4.43. The van der Waals surface area contributed by atoms with Crippen molar-refractivity contribution in [3.05, 3.63) is 71.3 Å². The average Bonchev–Trinajstić information content (AvgIpc) is 3.43. The van der Waals surface area contributed by atoms with Gasteiger partial charge in [-0.05, 0) is 50.0 Å². The van der Waals surface area contributed by atoms with E-state index in [0.29, 0.717) is 25.3 Å². The van der Waals surface area contributed by atoms with Gasteiger partial charge in [-0.25, -0.2) is 0 Å². The van der Waals surface area contributed by atoms with Gasteiger partial charge in [0.1, 0.15) is 11.5 Å². The second-order valence-electron chi connectivity index (χ2n) is 8.32. The minimum absolute atomic E-state index is 0.135. The Morgan fingerprint density at radius 2 is 1.69 bits per heavy atom. The first-order valence-electron chi connectivity index (χ1n) is 11.4. The standard InChI is InChI=1S/C26H30N2O4/c1-2-18-32-21-12-10-19(11-13-21)23-22(24(29)20-8-4-3-5-9-20)25(30)26(31)28(23)17-16-27-14-6-7-15-27/h3-5,8-13,23,29H,2,6-7,14-18H2,1H3/b24-22+. The molecule has 0 saturated carbocycles. The summed E-state index contributed by atoms with van der Waals surface area (Å²) in [6.45, 7) is 5.86. The van der Waals surface area contributed by atoms with Crippen LogP contribution in [0.2, 0.25) is 0 Å². The number of aliphatic hydroxyl groups is 1. The van der Waals surface area contributed by atoms with E-state index in [4.69, 9.17) is 4.74 Å². The largest absolute Gasteiger partial charge is 0.507 e. The van der Waals surface area contributed by atoms with Crippen LogP contribution in [0.5, 0.6) is 5.75 Å². The van der Waals surface area contributed by atoms with Crippen LogP contribution in [0.1, 0.15) is 43.4 Å². The lowest BCUT2D eigenvalue weighted by molar-refractivity contribution is -0.140. The van der Waals surface area contributed by atoms with Gasteiger partial charge >= 0.3 is 0 Å². The third-order valence-electron chi connectivity index (χ3n) is 6.11. The fraction of sp³-hybridized carbons (Fsp3) is 0.385. The molecular formula is C26H30N2O4. The zero-order valence-electron chi connectivity index (χ0n) is 18.5. The molecule has 168 valence electrons. The van der Waals surface area contributed by atoms with E-state index in [1.165, 1.54) is 0 Å². The Kier molecular flexibility index (Phi) is 6.90. The molecule has 0 radical (unpaired) electrons. The van der Waals surface area contributed by atoms with E-state index in [1.807, 2.05) is 37.3 Å². The number of carbonyl (C=O) groups is 2. The highest BCUT2D eigenvalue weighted by Gasteiger charge is 2.46. The molecular weight excluding hydrogens is 404 g/mol. The number of hydrogen-bond acceptors (Lipinski definition) is 5. The van der Waals surface area contributed by atoms with Crippen molar-refractivity contribution in [1.29, 1.82) is 0 Å². The molecule has 4 rings (SSSR count). The highest BCUT2D eigenvalue weighted by atomic mass is 16.5. The molecule has 0 bridgehead atoms. The van der Waals surface area contributed by atoms with Gasteiger partial charge in [-0.3, -0.25) is 9.59 Å². The van der Waals surface area contributed by atoms with E-state index < -0.39 is 17.7 Å². The van der Waals surface area contributed by atoms with Crippen LogP contribution >= 0.6 is 0 Å².